The second kappa shape index (κ2) is 6.17. The zero-order valence-corrected chi connectivity index (χ0v) is 14.3. The summed E-state index contributed by atoms with van der Waals surface area (Å²) >= 11 is 3.59. The Kier molecular flexibility index (Phi) is 4.03. The van der Waals surface area contributed by atoms with E-state index in [2.05, 4.69) is 4.98 Å². The molecule has 1 atom stereocenters. The SMILES string of the molecule is O=C(Cc1cccs1)N1CC2(C[C@H](Oc3ccccn3)CS2)C1. The summed E-state index contributed by atoms with van der Waals surface area (Å²) in [5.74, 6) is 1.91. The minimum Gasteiger partial charge on any atom is -0.473 e. The van der Waals surface area contributed by atoms with Crippen molar-refractivity contribution in [1.82, 2.24) is 9.88 Å². The van der Waals surface area contributed by atoms with Crippen LogP contribution < -0.4 is 4.74 Å². The standard InChI is InChI=1S/C17H18N2O2S2/c20-16(8-14-4-3-7-22-14)19-11-17(12-19)9-13(10-23-17)21-15-5-1-2-6-18-15/h1-7,13H,8-12H2/t13-/m0/s1. The van der Waals surface area contributed by atoms with Crippen molar-refractivity contribution in [3.8, 4) is 5.88 Å². The lowest BCUT2D eigenvalue weighted by Gasteiger charge is -2.47. The molecule has 0 N–H and O–H groups in total. The predicted molar refractivity (Wildman–Crippen MR) is 93.1 cm³/mol. The van der Waals surface area contributed by atoms with Gasteiger partial charge in [-0.2, -0.15) is 0 Å². The first kappa shape index (κ1) is 15.0. The fourth-order valence-electron chi connectivity index (χ4n) is 3.19. The Morgan fingerprint density at radius 3 is 3.00 bits per heavy atom. The summed E-state index contributed by atoms with van der Waals surface area (Å²) in [6, 6.07) is 9.75. The van der Waals surface area contributed by atoms with Gasteiger partial charge in [-0.05, 0) is 17.5 Å². The van der Waals surface area contributed by atoms with Crippen LogP contribution in [0.5, 0.6) is 5.88 Å². The third kappa shape index (κ3) is 3.23. The third-order valence-corrected chi connectivity index (χ3v) is 6.77. The van der Waals surface area contributed by atoms with Crippen molar-refractivity contribution < 1.29 is 9.53 Å². The topological polar surface area (TPSA) is 42.4 Å². The molecular formula is C17H18N2O2S2. The van der Waals surface area contributed by atoms with Crippen molar-refractivity contribution in [1.29, 1.82) is 0 Å². The summed E-state index contributed by atoms with van der Waals surface area (Å²) in [6.45, 7) is 1.70. The van der Waals surface area contributed by atoms with Gasteiger partial charge in [0.25, 0.3) is 0 Å². The molecule has 4 nitrogen and oxygen atoms in total. The van der Waals surface area contributed by atoms with Gasteiger partial charge in [0, 0.05) is 42.4 Å². The van der Waals surface area contributed by atoms with Crippen LogP contribution in [0.1, 0.15) is 11.3 Å². The molecule has 0 bridgehead atoms. The fraction of sp³-hybridized carbons (Fsp3) is 0.412. The highest BCUT2D eigenvalue weighted by atomic mass is 32.2. The molecule has 1 spiro atoms. The molecule has 0 unspecified atom stereocenters. The molecule has 23 heavy (non-hydrogen) atoms. The molecular weight excluding hydrogens is 328 g/mol. The Morgan fingerprint density at radius 1 is 1.35 bits per heavy atom. The molecule has 2 aliphatic rings. The zero-order chi connectivity index (χ0) is 15.7. The quantitative estimate of drug-likeness (QED) is 0.854. The summed E-state index contributed by atoms with van der Waals surface area (Å²) in [6.07, 6.45) is 3.48. The van der Waals surface area contributed by atoms with Crippen molar-refractivity contribution >= 4 is 29.0 Å². The molecule has 0 aromatic carbocycles. The Balaban J connectivity index is 1.28. The van der Waals surface area contributed by atoms with Crippen molar-refractivity contribution in [2.45, 2.75) is 23.7 Å². The molecule has 0 aliphatic carbocycles. The van der Waals surface area contributed by atoms with Crippen molar-refractivity contribution in [2.24, 2.45) is 0 Å². The second-order valence-corrected chi connectivity index (χ2v) is 8.63. The number of hydrogen-bond donors (Lipinski definition) is 0. The molecule has 2 saturated heterocycles. The lowest BCUT2D eigenvalue weighted by Crippen LogP contribution is -2.61. The van der Waals surface area contributed by atoms with E-state index in [-0.39, 0.29) is 16.8 Å². The summed E-state index contributed by atoms with van der Waals surface area (Å²) in [4.78, 5) is 19.6. The molecule has 4 rings (SSSR count). The van der Waals surface area contributed by atoms with Gasteiger partial charge in [0.15, 0.2) is 0 Å². The van der Waals surface area contributed by atoms with Crippen LogP contribution in [0.4, 0.5) is 0 Å². The number of likely N-dealkylation sites (tertiary alicyclic amines) is 1. The van der Waals surface area contributed by atoms with Gasteiger partial charge in [0.1, 0.15) is 6.10 Å². The van der Waals surface area contributed by atoms with E-state index in [1.807, 2.05) is 52.4 Å². The molecule has 2 aromatic heterocycles. The minimum atomic E-state index is 0.199. The molecule has 2 aromatic rings. The van der Waals surface area contributed by atoms with E-state index >= 15 is 0 Å². The molecule has 2 fully saturated rings. The summed E-state index contributed by atoms with van der Waals surface area (Å²) in [7, 11) is 0. The number of carbonyl (C=O) groups excluding carboxylic acids is 1. The fourth-order valence-corrected chi connectivity index (χ4v) is 5.41. The van der Waals surface area contributed by atoms with E-state index in [1.165, 1.54) is 0 Å². The van der Waals surface area contributed by atoms with E-state index in [1.54, 1.807) is 17.5 Å². The predicted octanol–water partition coefficient (Wildman–Crippen LogP) is 2.85. The summed E-state index contributed by atoms with van der Waals surface area (Å²) < 4.78 is 6.15. The summed E-state index contributed by atoms with van der Waals surface area (Å²) in [5.41, 5.74) is 0. The Bertz CT molecular complexity index is 669. The zero-order valence-electron chi connectivity index (χ0n) is 12.7. The van der Waals surface area contributed by atoms with Crippen LogP contribution in [-0.2, 0) is 11.2 Å². The lowest BCUT2D eigenvalue weighted by molar-refractivity contribution is -0.135. The van der Waals surface area contributed by atoms with Crippen molar-refractivity contribution in [3.05, 3.63) is 46.8 Å². The van der Waals surface area contributed by atoms with Gasteiger partial charge >= 0.3 is 0 Å². The Hall–Kier alpha value is -1.53. The minimum absolute atomic E-state index is 0.199. The van der Waals surface area contributed by atoms with Gasteiger partial charge in [-0.1, -0.05) is 12.1 Å². The number of rotatable bonds is 4. The van der Waals surface area contributed by atoms with Crippen LogP contribution in [0.25, 0.3) is 0 Å². The van der Waals surface area contributed by atoms with Crippen LogP contribution in [0.3, 0.4) is 0 Å². The van der Waals surface area contributed by atoms with Gasteiger partial charge in [0.05, 0.1) is 11.2 Å². The monoisotopic (exact) mass is 346 g/mol. The number of nitrogens with zero attached hydrogens (tertiary/aromatic N) is 2. The number of thiophene rings is 1. The molecule has 6 heteroatoms. The number of ether oxygens (including phenoxy) is 1. The van der Waals surface area contributed by atoms with Crippen molar-refractivity contribution in [2.75, 3.05) is 18.8 Å². The first-order valence-electron chi connectivity index (χ1n) is 7.74. The van der Waals surface area contributed by atoms with E-state index < -0.39 is 0 Å². The highest BCUT2D eigenvalue weighted by molar-refractivity contribution is 8.01. The largest absolute Gasteiger partial charge is 0.473 e. The molecule has 0 radical (unpaired) electrons. The second-order valence-electron chi connectivity index (χ2n) is 6.11. The maximum Gasteiger partial charge on any atom is 0.227 e. The smallest absolute Gasteiger partial charge is 0.227 e. The van der Waals surface area contributed by atoms with E-state index in [9.17, 15) is 4.79 Å². The number of carbonyl (C=O) groups is 1. The van der Waals surface area contributed by atoms with Gasteiger partial charge in [-0.3, -0.25) is 4.79 Å². The van der Waals surface area contributed by atoms with Crippen molar-refractivity contribution in [3.63, 3.8) is 0 Å². The van der Waals surface area contributed by atoms with Gasteiger partial charge in [-0.15, -0.1) is 23.1 Å². The number of pyridine rings is 1. The maximum atomic E-state index is 12.3. The number of aromatic nitrogens is 1. The average Bonchev–Trinajstić information content (AvgIpc) is 3.16. The van der Waals surface area contributed by atoms with E-state index in [0.29, 0.717) is 12.3 Å². The highest BCUT2D eigenvalue weighted by Gasteiger charge is 2.51. The van der Waals surface area contributed by atoms with E-state index in [0.717, 1.165) is 30.1 Å². The van der Waals surface area contributed by atoms with Gasteiger partial charge < -0.3 is 9.64 Å². The van der Waals surface area contributed by atoms with Crippen LogP contribution in [0.15, 0.2) is 41.9 Å². The molecule has 2 aliphatic heterocycles. The average molecular weight is 346 g/mol. The molecule has 4 heterocycles. The van der Waals surface area contributed by atoms with Crippen LogP contribution >= 0.6 is 23.1 Å². The molecule has 0 saturated carbocycles. The van der Waals surface area contributed by atoms with Gasteiger partial charge in [-0.25, -0.2) is 4.98 Å². The summed E-state index contributed by atoms with van der Waals surface area (Å²) in [5, 5.41) is 2.02. The first-order valence-corrected chi connectivity index (χ1v) is 9.61. The number of hydrogen-bond acceptors (Lipinski definition) is 5. The number of amides is 1. The van der Waals surface area contributed by atoms with Crippen LogP contribution in [-0.4, -0.2) is 45.5 Å². The van der Waals surface area contributed by atoms with Crippen LogP contribution in [0, 0.1) is 0 Å². The number of thioether (sulfide) groups is 1. The normalized spacial score (nSPS) is 22.1. The van der Waals surface area contributed by atoms with Crippen LogP contribution in [0.2, 0.25) is 0 Å². The highest BCUT2D eigenvalue weighted by Crippen LogP contribution is 2.46. The Labute approximate surface area is 143 Å². The van der Waals surface area contributed by atoms with Gasteiger partial charge in [0.2, 0.25) is 11.8 Å². The Morgan fingerprint density at radius 2 is 2.26 bits per heavy atom. The maximum absolute atomic E-state index is 12.3. The first-order chi connectivity index (χ1) is 11.2. The third-order valence-electron chi connectivity index (χ3n) is 4.32. The lowest BCUT2D eigenvalue weighted by atomic mass is 9.92. The molecule has 120 valence electrons. The van der Waals surface area contributed by atoms with E-state index in [4.69, 9.17) is 4.74 Å². The molecule has 1 amide bonds.